The standard InChI is InChI=1S/C6H14N2O2/c1-8(2)7-6(9)4-5-10-3/h4-5H2,1-3H3,(H,7,9). The number of hydrogen-bond acceptors (Lipinski definition) is 3. The fourth-order valence-corrected chi connectivity index (χ4v) is 0.500. The average molecular weight is 146 g/mol. The van der Waals surface area contributed by atoms with Crippen LogP contribution >= 0.6 is 0 Å². The third-order valence-corrected chi connectivity index (χ3v) is 0.882. The van der Waals surface area contributed by atoms with Gasteiger partial charge in [0, 0.05) is 21.2 Å². The lowest BCUT2D eigenvalue weighted by molar-refractivity contribution is -0.125. The number of carbonyl (C=O) groups is 1. The summed E-state index contributed by atoms with van der Waals surface area (Å²) in [5.74, 6) is -0.0214. The van der Waals surface area contributed by atoms with E-state index in [0.717, 1.165) is 0 Å². The summed E-state index contributed by atoms with van der Waals surface area (Å²) in [6.07, 6.45) is 0.411. The first-order chi connectivity index (χ1) is 4.66. The molecule has 0 aliphatic rings. The summed E-state index contributed by atoms with van der Waals surface area (Å²) in [5, 5.41) is 1.61. The van der Waals surface area contributed by atoms with Crippen molar-refractivity contribution in [3.05, 3.63) is 0 Å². The van der Waals surface area contributed by atoms with Gasteiger partial charge in [-0.1, -0.05) is 0 Å². The van der Waals surface area contributed by atoms with E-state index >= 15 is 0 Å². The highest BCUT2D eigenvalue weighted by atomic mass is 16.5. The summed E-state index contributed by atoms with van der Waals surface area (Å²) in [5.41, 5.74) is 2.59. The van der Waals surface area contributed by atoms with E-state index in [9.17, 15) is 4.79 Å². The van der Waals surface area contributed by atoms with Crippen LogP contribution in [0.2, 0.25) is 0 Å². The Morgan fingerprint density at radius 1 is 1.60 bits per heavy atom. The number of nitrogens with one attached hydrogen (secondary N) is 1. The molecule has 0 fully saturated rings. The van der Waals surface area contributed by atoms with Gasteiger partial charge in [0.2, 0.25) is 5.91 Å². The van der Waals surface area contributed by atoms with E-state index in [-0.39, 0.29) is 5.91 Å². The van der Waals surface area contributed by atoms with Crippen LogP contribution in [0.3, 0.4) is 0 Å². The smallest absolute Gasteiger partial charge is 0.236 e. The molecular formula is C6H14N2O2. The predicted octanol–water partition coefficient (Wildman–Crippen LogP) is -0.384. The normalized spacial score (nSPS) is 10.0. The van der Waals surface area contributed by atoms with E-state index in [1.165, 1.54) is 0 Å². The molecule has 0 rings (SSSR count). The van der Waals surface area contributed by atoms with Crippen molar-refractivity contribution in [2.75, 3.05) is 27.8 Å². The third kappa shape index (κ3) is 5.53. The zero-order valence-corrected chi connectivity index (χ0v) is 6.68. The number of rotatable bonds is 4. The van der Waals surface area contributed by atoms with Crippen LogP contribution in [0.5, 0.6) is 0 Å². The number of hydrazine groups is 1. The summed E-state index contributed by atoms with van der Waals surface area (Å²) >= 11 is 0. The van der Waals surface area contributed by atoms with Crippen LogP contribution in [-0.4, -0.2) is 38.7 Å². The number of hydrogen-bond donors (Lipinski definition) is 1. The van der Waals surface area contributed by atoms with Gasteiger partial charge in [0.1, 0.15) is 0 Å². The number of amides is 1. The number of nitrogens with zero attached hydrogens (tertiary/aromatic N) is 1. The first-order valence-corrected chi connectivity index (χ1v) is 3.12. The highest BCUT2D eigenvalue weighted by Crippen LogP contribution is 1.79. The average Bonchev–Trinajstić information content (AvgIpc) is 1.82. The zero-order chi connectivity index (χ0) is 7.98. The quantitative estimate of drug-likeness (QED) is 0.549. The van der Waals surface area contributed by atoms with Crippen LogP contribution in [-0.2, 0) is 9.53 Å². The van der Waals surface area contributed by atoms with Crippen molar-refractivity contribution >= 4 is 5.91 Å². The molecule has 4 nitrogen and oxygen atoms in total. The molecule has 0 aromatic carbocycles. The van der Waals surface area contributed by atoms with Crippen molar-refractivity contribution in [1.82, 2.24) is 10.4 Å². The summed E-state index contributed by atoms with van der Waals surface area (Å²) in [6, 6.07) is 0. The van der Waals surface area contributed by atoms with Gasteiger partial charge in [0.05, 0.1) is 13.0 Å². The highest BCUT2D eigenvalue weighted by Gasteiger charge is 1.99. The molecule has 0 aliphatic heterocycles. The molecule has 0 aromatic rings. The maximum Gasteiger partial charge on any atom is 0.236 e. The second-order valence-corrected chi connectivity index (χ2v) is 2.17. The van der Waals surface area contributed by atoms with Gasteiger partial charge in [-0.2, -0.15) is 0 Å². The SMILES string of the molecule is COCCC(=O)NN(C)C. The topological polar surface area (TPSA) is 41.6 Å². The fourth-order valence-electron chi connectivity index (χ4n) is 0.500. The van der Waals surface area contributed by atoms with Crippen LogP contribution < -0.4 is 5.43 Å². The van der Waals surface area contributed by atoms with E-state index in [0.29, 0.717) is 13.0 Å². The molecule has 4 heteroatoms. The maximum absolute atomic E-state index is 10.8. The van der Waals surface area contributed by atoms with Crippen LogP contribution in [0, 0.1) is 0 Å². The predicted molar refractivity (Wildman–Crippen MR) is 38.3 cm³/mol. The van der Waals surface area contributed by atoms with E-state index in [1.807, 2.05) is 0 Å². The first-order valence-electron chi connectivity index (χ1n) is 3.12. The minimum Gasteiger partial charge on any atom is -0.384 e. The molecule has 1 amide bonds. The molecule has 1 N–H and O–H groups in total. The number of carbonyl (C=O) groups excluding carboxylic acids is 1. The minimum absolute atomic E-state index is 0.0214. The Bertz CT molecular complexity index is 104. The first kappa shape index (κ1) is 9.39. The Labute approximate surface area is 61.1 Å². The summed E-state index contributed by atoms with van der Waals surface area (Å²) in [4.78, 5) is 10.8. The van der Waals surface area contributed by atoms with E-state index in [2.05, 4.69) is 5.43 Å². The zero-order valence-electron chi connectivity index (χ0n) is 6.68. The number of ether oxygens (including phenoxy) is 1. The summed E-state index contributed by atoms with van der Waals surface area (Å²) < 4.78 is 4.71. The second-order valence-electron chi connectivity index (χ2n) is 2.17. The largest absolute Gasteiger partial charge is 0.384 e. The van der Waals surface area contributed by atoms with Crippen molar-refractivity contribution in [2.45, 2.75) is 6.42 Å². The second kappa shape index (κ2) is 5.20. The van der Waals surface area contributed by atoms with Gasteiger partial charge in [0.25, 0.3) is 0 Å². The molecule has 0 saturated carbocycles. The Kier molecular flexibility index (Phi) is 4.88. The van der Waals surface area contributed by atoms with Crippen LogP contribution in [0.15, 0.2) is 0 Å². The van der Waals surface area contributed by atoms with Crippen LogP contribution in [0.25, 0.3) is 0 Å². The molecule has 0 aliphatic carbocycles. The van der Waals surface area contributed by atoms with Crippen molar-refractivity contribution in [3.8, 4) is 0 Å². The van der Waals surface area contributed by atoms with E-state index < -0.39 is 0 Å². The van der Waals surface area contributed by atoms with Gasteiger partial charge in [-0.3, -0.25) is 10.2 Å². The molecule has 0 spiro atoms. The van der Waals surface area contributed by atoms with Gasteiger partial charge in [0.15, 0.2) is 0 Å². The molecule has 0 bridgehead atoms. The molecule has 60 valence electrons. The Balaban J connectivity index is 3.26. The minimum atomic E-state index is -0.0214. The van der Waals surface area contributed by atoms with Crippen molar-refractivity contribution < 1.29 is 9.53 Å². The fraction of sp³-hybridized carbons (Fsp3) is 0.833. The van der Waals surface area contributed by atoms with E-state index in [4.69, 9.17) is 4.74 Å². The van der Waals surface area contributed by atoms with Crippen LogP contribution in [0.4, 0.5) is 0 Å². The molecule has 0 aromatic heterocycles. The van der Waals surface area contributed by atoms with Crippen molar-refractivity contribution in [1.29, 1.82) is 0 Å². The van der Waals surface area contributed by atoms with Crippen molar-refractivity contribution in [2.24, 2.45) is 0 Å². The van der Waals surface area contributed by atoms with Gasteiger partial charge in [-0.15, -0.1) is 0 Å². The van der Waals surface area contributed by atoms with Crippen molar-refractivity contribution in [3.63, 3.8) is 0 Å². The molecule has 0 atom stereocenters. The van der Waals surface area contributed by atoms with Gasteiger partial charge < -0.3 is 4.74 Å². The Hall–Kier alpha value is -0.610. The molecular weight excluding hydrogens is 132 g/mol. The van der Waals surface area contributed by atoms with Gasteiger partial charge >= 0.3 is 0 Å². The Morgan fingerprint density at radius 3 is 2.60 bits per heavy atom. The van der Waals surface area contributed by atoms with Crippen LogP contribution in [0.1, 0.15) is 6.42 Å². The van der Waals surface area contributed by atoms with E-state index in [1.54, 1.807) is 26.2 Å². The molecule has 0 heterocycles. The molecule has 0 saturated heterocycles. The third-order valence-electron chi connectivity index (χ3n) is 0.882. The van der Waals surface area contributed by atoms with Gasteiger partial charge in [-0.25, -0.2) is 5.01 Å². The lowest BCUT2D eigenvalue weighted by Crippen LogP contribution is -2.36. The Morgan fingerprint density at radius 2 is 2.20 bits per heavy atom. The molecule has 0 radical (unpaired) electrons. The lowest BCUT2D eigenvalue weighted by atomic mass is 10.4. The summed E-state index contributed by atoms with van der Waals surface area (Å²) in [6.45, 7) is 0.472. The summed E-state index contributed by atoms with van der Waals surface area (Å²) in [7, 11) is 5.11. The van der Waals surface area contributed by atoms with Gasteiger partial charge in [-0.05, 0) is 0 Å². The highest BCUT2D eigenvalue weighted by molar-refractivity contribution is 5.75. The maximum atomic E-state index is 10.8. The molecule has 10 heavy (non-hydrogen) atoms. The lowest BCUT2D eigenvalue weighted by Gasteiger charge is -2.10. The monoisotopic (exact) mass is 146 g/mol. The number of methoxy groups -OCH3 is 1. The molecule has 0 unspecified atom stereocenters.